The Bertz CT molecular complexity index is 550. The molecule has 0 fully saturated rings. The number of carboxylic acid groups (broad SMARTS) is 1. The second-order valence-corrected chi connectivity index (χ2v) is 3.76. The Kier molecular flexibility index (Phi) is 2.86. The van der Waals surface area contributed by atoms with Gasteiger partial charge in [-0.05, 0) is 24.6 Å². The van der Waals surface area contributed by atoms with Crippen LogP contribution in [-0.4, -0.2) is 31.3 Å². The maximum absolute atomic E-state index is 10.8. The van der Waals surface area contributed by atoms with Crippen LogP contribution in [0, 0.1) is 6.92 Å². The van der Waals surface area contributed by atoms with Crippen molar-refractivity contribution >= 4 is 5.97 Å². The van der Waals surface area contributed by atoms with Crippen LogP contribution >= 0.6 is 0 Å². The first kappa shape index (κ1) is 11.3. The molecule has 17 heavy (non-hydrogen) atoms. The van der Waals surface area contributed by atoms with Crippen LogP contribution in [0.5, 0.6) is 0 Å². The van der Waals surface area contributed by atoms with Gasteiger partial charge in [-0.25, -0.2) is 4.79 Å². The van der Waals surface area contributed by atoms with Gasteiger partial charge < -0.3 is 5.11 Å². The second kappa shape index (κ2) is 4.32. The molecule has 2 aromatic rings. The van der Waals surface area contributed by atoms with Gasteiger partial charge in [0.2, 0.25) is 5.82 Å². The van der Waals surface area contributed by atoms with Crippen LogP contribution < -0.4 is 0 Å². The molecule has 1 atom stereocenters. The van der Waals surface area contributed by atoms with Crippen molar-refractivity contribution in [2.75, 3.05) is 0 Å². The van der Waals surface area contributed by atoms with E-state index in [2.05, 4.69) is 15.4 Å². The number of rotatable bonds is 3. The minimum atomic E-state index is -0.987. The molecule has 0 saturated carbocycles. The van der Waals surface area contributed by atoms with E-state index in [9.17, 15) is 4.79 Å². The van der Waals surface area contributed by atoms with Crippen LogP contribution in [0.25, 0.3) is 11.4 Å². The molecule has 0 radical (unpaired) electrons. The molecule has 0 aliphatic carbocycles. The molecule has 1 heterocycles. The smallest absolute Gasteiger partial charge is 0.330 e. The maximum Gasteiger partial charge on any atom is 0.330 e. The van der Waals surface area contributed by atoms with E-state index in [-0.39, 0.29) is 0 Å². The van der Waals surface area contributed by atoms with Crippen LogP contribution in [-0.2, 0) is 4.79 Å². The zero-order valence-electron chi connectivity index (χ0n) is 9.53. The Morgan fingerprint density at radius 3 is 2.76 bits per heavy atom. The fourth-order valence-electron chi connectivity index (χ4n) is 1.42. The van der Waals surface area contributed by atoms with Crippen molar-refractivity contribution in [1.29, 1.82) is 0 Å². The fraction of sp³-hybridized carbons (Fsp3) is 0.273. The number of aliphatic carboxylic acids is 1. The standard InChI is InChI=1S/C11H12N4O2/c1-7-5-3-4-6-9(7)10-12-14-15(13-10)8(2)11(16)17/h3-6,8H,1-2H3,(H,16,17). The van der Waals surface area contributed by atoms with E-state index in [4.69, 9.17) is 5.11 Å². The second-order valence-electron chi connectivity index (χ2n) is 3.76. The minimum Gasteiger partial charge on any atom is -0.480 e. The van der Waals surface area contributed by atoms with Crippen molar-refractivity contribution in [2.24, 2.45) is 0 Å². The SMILES string of the molecule is Cc1ccccc1-c1nnn(C(C)C(=O)O)n1. The molecule has 0 spiro atoms. The van der Waals surface area contributed by atoms with E-state index in [0.717, 1.165) is 15.9 Å². The Morgan fingerprint density at radius 1 is 1.41 bits per heavy atom. The Labute approximate surface area is 97.9 Å². The van der Waals surface area contributed by atoms with Crippen LogP contribution in [0.15, 0.2) is 24.3 Å². The number of carbonyl (C=O) groups is 1. The van der Waals surface area contributed by atoms with Crippen LogP contribution in [0.3, 0.4) is 0 Å². The van der Waals surface area contributed by atoms with Crippen LogP contribution in [0.2, 0.25) is 0 Å². The number of aromatic nitrogens is 4. The molecule has 1 aromatic heterocycles. The lowest BCUT2D eigenvalue weighted by Gasteiger charge is -2.02. The molecular formula is C11H12N4O2. The first-order valence-electron chi connectivity index (χ1n) is 5.18. The number of hydrogen-bond donors (Lipinski definition) is 1. The van der Waals surface area contributed by atoms with Gasteiger partial charge in [-0.15, -0.1) is 15.0 Å². The average Bonchev–Trinajstić information content (AvgIpc) is 2.77. The number of hydrogen-bond acceptors (Lipinski definition) is 4. The third kappa shape index (κ3) is 2.15. The molecule has 1 unspecified atom stereocenters. The minimum absolute atomic E-state index is 0.441. The van der Waals surface area contributed by atoms with Gasteiger partial charge in [0.15, 0.2) is 6.04 Å². The number of tetrazole rings is 1. The Hall–Kier alpha value is -2.24. The van der Waals surface area contributed by atoms with Gasteiger partial charge in [-0.1, -0.05) is 24.3 Å². The Morgan fingerprint density at radius 2 is 2.12 bits per heavy atom. The van der Waals surface area contributed by atoms with Gasteiger partial charge in [0.25, 0.3) is 0 Å². The van der Waals surface area contributed by atoms with Crippen molar-refractivity contribution in [3.63, 3.8) is 0 Å². The summed E-state index contributed by atoms with van der Waals surface area (Å²) in [5.74, 6) is -0.546. The highest BCUT2D eigenvalue weighted by atomic mass is 16.4. The summed E-state index contributed by atoms with van der Waals surface area (Å²) in [7, 11) is 0. The van der Waals surface area contributed by atoms with Gasteiger partial charge in [-0.2, -0.15) is 0 Å². The predicted octanol–water partition coefficient (Wildman–Crippen LogP) is 1.29. The quantitative estimate of drug-likeness (QED) is 0.862. The third-order valence-corrected chi connectivity index (χ3v) is 2.52. The monoisotopic (exact) mass is 232 g/mol. The lowest BCUT2D eigenvalue weighted by atomic mass is 10.1. The summed E-state index contributed by atoms with van der Waals surface area (Å²) >= 11 is 0. The molecular weight excluding hydrogens is 220 g/mol. The predicted molar refractivity (Wildman–Crippen MR) is 60.3 cm³/mol. The lowest BCUT2D eigenvalue weighted by Crippen LogP contribution is -2.18. The topological polar surface area (TPSA) is 80.9 Å². The average molecular weight is 232 g/mol. The third-order valence-electron chi connectivity index (χ3n) is 2.52. The fourth-order valence-corrected chi connectivity index (χ4v) is 1.42. The molecule has 0 aliphatic rings. The summed E-state index contributed by atoms with van der Waals surface area (Å²) in [6, 6.07) is 6.80. The van der Waals surface area contributed by atoms with Crippen molar-refractivity contribution < 1.29 is 9.90 Å². The normalized spacial score (nSPS) is 12.4. The molecule has 0 bridgehead atoms. The summed E-state index contributed by atoms with van der Waals surface area (Å²) in [5.41, 5.74) is 1.88. The number of carboxylic acids is 1. The van der Waals surface area contributed by atoms with Crippen molar-refractivity contribution in [2.45, 2.75) is 19.9 Å². The number of benzene rings is 1. The molecule has 6 heteroatoms. The van der Waals surface area contributed by atoms with Crippen molar-refractivity contribution in [3.8, 4) is 11.4 Å². The van der Waals surface area contributed by atoms with E-state index in [0.29, 0.717) is 5.82 Å². The van der Waals surface area contributed by atoms with E-state index in [1.165, 1.54) is 6.92 Å². The van der Waals surface area contributed by atoms with Crippen LogP contribution in [0.1, 0.15) is 18.5 Å². The summed E-state index contributed by atoms with van der Waals surface area (Å²) in [6.45, 7) is 3.45. The molecule has 0 saturated heterocycles. The summed E-state index contributed by atoms with van der Waals surface area (Å²) in [5, 5.41) is 20.5. The van der Waals surface area contributed by atoms with E-state index in [1.807, 2.05) is 31.2 Å². The first-order chi connectivity index (χ1) is 8.09. The van der Waals surface area contributed by atoms with Crippen molar-refractivity contribution in [3.05, 3.63) is 29.8 Å². The van der Waals surface area contributed by atoms with Gasteiger partial charge in [0, 0.05) is 5.56 Å². The molecule has 6 nitrogen and oxygen atoms in total. The number of nitrogens with zero attached hydrogens (tertiary/aromatic N) is 4. The molecule has 0 aliphatic heterocycles. The highest BCUT2D eigenvalue weighted by molar-refractivity contribution is 5.71. The van der Waals surface area contributed by atoms with Gasteiger partial charge in [0.1, 0.15) is 0 Å². The highest BCUT2D eigenvalue weighted by Crippen LogP contribution is 2.18. The van der Waals surface area contributed by atoms with E-state index >= 15 is 0 Å². The van der Waals surface area contributed by atoms with E-state index < -0.39 is 12.0 Å². The summed E-state index contributed by atoms with van der Waals surface area (Å²) in [6.07, 6.45) is 0. The first-order valence-corrected chi connectivity index (χ1v) is 5.18. The highest BCUT2D eigenvalue weighted by Gasteiger charge is 2.17. The molecule has 0 amide bonds. The van der Waals surface area contributed by atoms with Gasteiger partial charge in [0.05, 0.1) is 0 Å². The Balaban J connectivity index is 2.37. The number of aryl methyl sites for hydroxylation is 1. The molecule has 1 N–H and O–H groups in total. The van der Waals surface area contributed by atoms with Crippen molar-refractivity contribution in [1.82, 2.24) is 20.2 Å². The van der Waals surface area contributed by atoms with Gasteiger partial charge >= 0.3 is 5.97 Å². The molecule has 2 rings (SSSR count). The van der Waals surface area contributed by atoms with Crippen LogP contribution in [0.4, 0.5) is 0 Å². The zero-order chi connectivity index (χ0) is 12.4. The van der Waals surface area contributed by atoms with E-state index in [1.54, 1.807) is 0 Å². The summed E-state index contributed by atoms with van der Waals surface area (Å²) in [4.78, 5) is 11.9. The summed E-state index contributed by atoms with van der Waals surface area (Å²) < 4.78 is 0. The largest absolute Gasteiger partial charge is 0.480 e. The molecule has 1 aromatic carbocycles. The van der Waals surface area contributed by atoms with Gasteiger partial charge in [-0.3, -0.25) is 0 Å². The maximum atomic E-state index is 10.8. The lowest BCUT2D eigenvalue weighted by molar-refractivity contribution is -0.141. The zero-order valence-corrected chi connectivity index (χ0v) is 9.53. The molecule has 88 valence electrons.